The molecule has 0 bridgehead atoms. The second kappa shape index (κ2) is 5.74. The molecule has 18 heavy (non-hydrogen) atoms. The molecule has 2 N–H and O–H groups in total. The Bertz CT molecular complexity index is 383. The molecule has 0 aliphatic carbocycles. The van der Waals surface area contributed by atoms with Crippen molar-refractivity contribution in [3.8, 4) is 0 Å². The Morgan fingerprint density at radius 2 is 2.28 bits per heavy atom. The first-order chi connectivity index (χ1) is 8.60. The van der Waals surface area contributed by atoms with Crippen LogP contribution in [-0.2, 0) is 13.0 Å². The summed E-state index contributed by atoms with van der Waals surface area (Å²) < 4.78 is 2.31. The maximum atomic E-state index is 6.07. The van der Waals surface area contributed by atoms with Gasteiger partial charge in [0.15, 0.2) is 0 Å². The zero-order chi connectivity index (χ0) is 13.1. The van der Waals surface area contributed by atoms with E-state index in [1.54, 1.807) is 0 Å². The number of imidazole rings is 1. The van der Waals surface area contributed by atoms with E-state index in [1.165, 1.54) is 12.1 Å². The monoisotopic (exact) mass is 250 g/mol. The summed E-state index contributed by atoms with van der Waals surface area (Å²) in [4.78, 5) is 7.13. The highest BCUT2D eigenvalue weighted by Gasteiger charge is 2.21. The lowest BCUT2D eigenvalue weighted by atomic mass is 10.1. The molecule has 2 heterocycles. The fraction of sp³-hybridized carbons (Fsp3) is 0.786. The van der Waals surface area contributed by atoms with E-state index in [4.69, 9.17) is 10.7 Å². The predicted molar refractivity (Wildman–Crippen MR) is 75.9 cm³/mol. The quantitative estimate of drug-likeness (QED) is 0.889. The molecular formula is C14H26N4. The standard InChI is InChI=1S/C14H26N4/c1-4-13-10-18(8-11(2)3)14(16-13)17-7-5-6-12(15)9-17/h10-12H,4-9,15H2,1-3H3. The zero-order valence-corrected chi connectivity index (χ0v) is 11.9. The molecule has 2 rings (SSSR count). The lowest BCUT2D eigenvalue weighted by Gasteiger charge is -2.32. The number of piperidine rings is 1. The van der Waals surface area contributed by atoms with Crippen molar-refractivity contribution in [3.05, 3.63) is 11.9 Å². The predicted octanol–water partition coefficient (Wildman–Crippen LogP) is 2.03. The molecule has 0 saturated carbocycles. The van der Waals surface area contributed by atoms with E-state index in [0.29, 0.717) is 12.0 Å². The molecule has 1 aliphatic heterocycles. The summed E-state index contributed by atoms with van der Waals surface area (Å²) >= 11 is 0. The second-order valence-electron chi connectivity index (χ2n) is 5.78. The van der Waals surface area contributed by atoms with Crippen molar-refractivity contribution in [3.63, 3.8) is 0 Å². The van der Waals surface area contributed by atoms with Crippen molar-refractivity contribution >= 4 is 5.95 Å². The van der Waals surface area contributed by atoms with E-state index in [2.05, 4.69) is 36.4 Å². The van der Waals surface area contributed by atoms with Gasteiger partial charge in [0, 0.05) is 31.9 Å². The van der Waals surface area contributed by atoms with Crippen LogP contribution in [0.1, 0.15) is 39.3 Å². The lowest BCUT2D eigenvalue weighted by molar-refractivity contribution is 0.475. The number of aryl methyl sites for hydroxylation is 1. The van der Waals surface area contributed by atoms with E-state index in [1.807, 2.05) is 0 Å². The minimum atomic E-state index is 0.299. The smallest absolute Gasteiger partial charge is 0.205 e. The fourth-order valence-corrected chi connectivity index (χ4v) is 2.60. The van der Waals surface area contributed by atoms with Crippen molar-refractivity contribution in [2.45, 2.75) is 52.6 Å². The number of nitrogens with two attached hydrogens (primary N) is 1. The van der Waals surface area contributed by atoms with Crippen LogP contribution in [0.15, 0.2) is 6.20 Å². The van der Waals surface area contributed by atoms with Crippen LogP contribution in [0.3, 0.4) is 0 Å². The summed E-state index contributed by atoms with van der Waals surface area (Å²) in [5.74, 6) is 1.76. The van der Waals surface area contributed by atoms with Gasteiger partial charge in [0.25, 0.3) is 0 Å². The highest BCUT2D eigenvalue weighted by Crippen LogP contribution is 2.20. The van der Waals surface area contributed by atoms with Gasteiger partial charge in [0.1, 0.15) is 0 Å². The van der Waals surface area contributed by atoms with Gasteiger partial charge in [0.2, 0.25) is 5.95 Å². The average molecular weight is 250 g/mol. The van der Waals surface area contributed by atoms with E-state index < -0.39 is 0 Å². The van der Waals surface area contributed by atoms with Gasteiger partial charge in [-0.2, -0.15) is 0 Å². The topological polar surface area (TPSA) is 47.1 Å². The molecule has 4 nitrogen and oxygen atoms in total. The molecule has 4 heteroatoms. The zero-order valence-electron chi connectivity index (χ0n) is 11.9. The lowest BCUT2D eigenvalue weighted by Crippen LogP contribution is -2.44. The molecule has 1 atom stereocenters. The number of hydrogen-bond acceptors (Lipinski definition) is 3. The van der Waals surface area contributed by atoms with Gasteiger partial charge < -0.3 is 15.2 Å². The summed E-state index contributed by atoms with van der Waals surface area (Å²) in [5, 5.41) is 0. The SMILES string of the molecule is CCc1cn(CC(C)C)c(N2CCCC(N)C2)n1. The number of nitrogens with zero attached hydrogens (tertiary/aromatic N) is 3. The molecule has 1 aromatic heterocycles. The third-order valence-corrected chi connectivity index (χ3v) is 3.47. The third kappa shape index (κ3) is 3.05. The Morgan fingerprint density at radius 3 is 2.89 bits per heavy atom. The van der Waals surface area contributed by atoms with Crippen molar-refractivity contribution in [2.24, 2.45) is 11.7 Å². The molecule has 1 fully saturated rings. The van der Waals surface area contributed by atoms with Crippen molar-refractivity contribution in [1.29, 1.82) is 0 Å². The Labute approximate surface area is 110 Å². The maximum Gasteiger partial charge on any atom is 0.205 e. The Balaban J connectivity index is 2.21. The van der Waals surface area contributed by atoms with Gasteiger partial charge >= 0.3 is 0 Å². The molecule has 0 amide bonds. The van der Waals surface area contributed by atoms with Gasteiger partial charge in [-0.05, 0) is 25.2 Å². The first-order valence-corrected chi connectivity index (χ1v) is 7.16. The minimum Gasteiger partial charge on any atom is -0.341 e. The van der Waals surface area contributed by atoms with Crippen molar-refractivity contribution < 1.29 is 0 Å². The van der Waals surface area contributed by atoms with E-state index in [0.717, 1.165) is 38.4 Å². The van der Waals surface area contributed by atoms with Crippen LogP contribution >= 0.6 is 0 Å². The summed E-state index contributed by atoms with van der Waals surface area (Å²) in [5.41, 5.74) is 7.26. The normalized spacial score (nSPS) is 20.7. The Morgan fingerprint density at radius 1 is 1.50 bits per heavy atom. The summed E-state index contributed by atoms with van der Waals surface area (Å²) in [6.07, 6.45) is 5.52. The Hall–Kier alpha value is -1.03. The number of aromatic nitrogens is 2. The van der Waals surface area contributed by atoms with Crippen molar-refractivity contribution in [2.75, 3.05) is 18.0 Å². The van der Waals surface area contributed by atoms with Gasteiger partial charge in [-0.25, -0.2) is 4.98 Å². The van der Waals surface area contributed by atoms with Crippen LogP contribution in [0.2, 0.25) is 0 Å². The molecule has 1 aromatic rings. The molecule has 1 aliphatic rings. The van der Waals surface area contributed by atoms with Crippen LogP contribution in [0.25, 0.3) is 0 Å². The van der Waals surface area contributed by atoms with Gasteiger partial charge in [0.05, 0.1) is 5.69 Å². The number of rotatable bonds is 4. The van der Waals surface area contributed by atoms with Crippen LogP contribution in [-0.4, -0.2) is 28.7 Å². The molecule has 0 aromatic carbocycles. The molecule has 102 valence electrons. The van der Waals surface area contributed by atoms with Crippen LogP contribution in [0.5, 0.6) is 0 Å². The molecule has 0 spiro atoms. The summed E-state index contributed by atoms with van der Waals surface area (Å²) in [6.45, 7) is 9.72. The maximum absolute atomic E-state index is 6.07. The van der Waals surface area contributed by atoms with E-state index in [-0.39, 0.29) is 0 Å². The minimum absolute atomic E-state index is 0.299. The highest BCUT2D eigenvalue weighted by atomic mass is 15.3. The van der Waals surface area contributed by atoms with Gasteiger partial charge in [-0.15, -0.1) is 0 Å². The summed E-state index contributed by atoms with van der Waals surface area (Å²) in [7, 11) is 0. The highest BCUT2D eigenvalue weighted by molar-refractivity contribution is 5.35. The van der Waals surface area contributed by atoms with Gasteiger partial charge in [-0.3, -0.25) is 0 Å². The van der Waals surface area contributed by atoms with Crippen LogP contribution in [0.4, 0.5) is 5.95 Å². The Kier molecular flexibility index (Phi) is 4.27. The first kappa shape index (κ1) is 13.4. The number of anilines is 1. The van der Waals surface area contributed by atoms with E-state index in [9.17, 15) is 0 Å². The third-order valence-electron chi connectivity index (χ3n) is 3.47. The largest absolute Gasteiger partial charge is 0.341 e. The molecular weight excluding hydrogens is 224 g/mol. The first-order valence-electron chi connectivity index (χ1n) is 7.16. The molecule has 1 saturated heterocycles. The molecule has 1 unspecified atom stereocenters. The van der Waals surface area contributed by atoms with Gasteiger partial charge in [-0.1, -0.05) is 20.8 Å². The number of hydrogen-bond donors (Lipinski definition) is 1. The average Bonchev–Trinajstić information content (AvgIpc) is 2.71. The van der Waals surface area contributed by atoms with Crippen LogP contribution < -0.4 is 10.6 Å². The second-order valence-corrected chi connectivity index (χ2v) is 5.78. The van der Waals surface area contributed by atoms with Crippen LogP contribution in [0, 0.1) is 5.92 Å². The van der Waals surface area contributed by atoms with Crippen molar-refractivity contribution in [1.82, 2.24) is 9.55 Å². The fourth-order valence-electron chi connectivity index (χ4n) is 2.60. The molecule has 0 radical (unpaired) electrons. The van der Waals surface area contributed by atoms with E-state index >= 15 is 0 Å². The summed E-state index contributed by atoms with van der Waals surface area (Å²) in [6, 6.07) is 0.299.